The summed E-state index contributed by atoms with van der Waals surface area (Å²) in [5.41, 5.74) is 0. The van der Waals surface area contributed by atoms with Gasteiger partial charge < -0.3 is 23.7 Å². The van der Waals surface area contributed by atoms with E-state index in [0.29, 0.717) is 37.9 Å². The highest BCUT2D eigenvalue weighted by Crippen LogP contribution is 2.34. The molecule has 0 bridgehead atoms. The lowest BCUT2D eigenvalue weighted by Crippen LogP contribution is -2.39. The van der Waals surface area contributed by atoms with Crippen molar-refractivity contribution in [3.63, 3.8) is 0 Å². The van der Waals surface area contributed by atoms with E-state index in [1.807, 2.05) is 0 Å². The molecule has 0 aromatic heterocycles. The molecule has 3 aliphatic carbocycles. The van der Waals surface area contributed by atoms with Crippen molar-refractivity contribution in [1.29, 1.82) is 0 Å². The largest absolute Gasteiger partial charge is 0.463 e. The lowest BCUT2D eigenvalue weighted by Gasteiger charge is -2.38. The van der Waals surface area contributed by atoms with Crippen molar-refractivity contribution in [2.24, 2.45) is 11.8 Å². The molecule has 9 heteroatoms. The summed E-state index contributed by atoms with van der Waals surface area (Å²) < 4.78 is 29.9. The number of rotatable bonds is 24. The van der Waals surface area contributed by atoms with Crippen molar-refractivity contribution in [1.82, 2.24) is 0 Å². The maximum Gasteiger partial charge on any atom is 0.330 e. The number of esters is 2. The van der Waals surface area contributed by atoms with Crippen LogP contribution in [0.2, 0.25) is 0 Å². The van der Waals surface area contributed by atoms with Gasteiger partial charge in [0.2, 0.25) is 0 Å². The van der Waals surface area contributed by atoms with Crippen LogP contribution in [0, 0.1) is 11.8 Å². The standard InChI is InChI=1S/C38H64O9/c1-4-24-44-45-28-13-9-8-11-26-42-33-18-20-34(21-19-33)46-36-23-22-35(29-30(36)3)47-38(40)31-14-16-32(17-15-31)41-25-10-6-7-12-27-43-37(39)5-2/h4-5,30-36H,1-2,6-29H2,3H3. The summed E-state index contributed by atoms with van der Waals surface area (Å²) in [7, 11) is 0. The van der Waals surface area contributed by atoms with E-state index in [2.05, 4.69) is 20.1 Å². The third-order valence-electron chi connectivity index (χ3n) is 9.87. The summed E-state index contributed by atoms with van der Waals surface area (Å²) >= 11 is 0. The van der Waals surface area contributed by atoms with Crippen LogP contribution in [0.1, 0.15) is 129 Å². The van der Waals surface area contributed by atoms with Crippen LogP contribution < -0.4 is 0 Å². The van der Waals surface area contributed by atoms with Crippen LogP contribution in [-0.2, 0) is 43.0 Å². The minimum absolute atomic E-state index is 0.00284. The van der Waals surface area contributed by atoms with Crippen LogP contribution >= 0.6 is 0 Å². The Balaban J connectivity index is 1.16. The molecular weight excluding hydrogens is 600 g/mol. The predicted octanol–water partition coefficient (Wildman–Crippen LogP) is 7.99. The van der Waals surface area contributed by atoms with E-state index in [4.69, 9.17) is 33.5 Å². The van der Waals surface area contributed by atoms with E-state index in [-0.39, 0.29) is 36.2 Å². The van der Waals surface area contributed by atoms with Gasteiger partial charge in [-0.3, -0.25) is 4.79 Å². The fraction of sp³-hybridized carbons (Fsp3) is 0.842. The first kappa shape index (κ1) is 39.7. The lowest BCUT2D eigenvalue weighted by molar-refractivity contribution is -0.286. The van der Waals surface area contributed by atoms with Crippen molar-refractivity contribution in [2.45, 2.75) is 159 Å². The average Bonchev–Trinajstić information content (AvgIpc) is 3.08. The summed E-state index contributed by atoms with van der Waals surface area (Å²) in [5, 5.41) is 0. The number of hydrogen-bond acceptors (Lipinski definition) is 9. The van der Waals surface area contributed by atoms with Gasteiger partial charge in [-0.2, -0.15) is 0 Å². The number of hydrogen-bond donors (Lipinski definition) is 0. The molecule has 3 rings (SSSR count). The Hall–Kier alpha value is -1.78. The Labute approximate surface area is 284 Å². The van der Waals surface area contributed by atoms with Crippen LogP contribution in [0.4, 0.5) is 0 Å². The summed E-state index contributed by atoms with van der Waals surface area (Å²) in [4.78, 5) is 34.0. The van der Waals surface area contributed by atoms with Crippen molar-refractivity contribution in [3.8, 4) is 0 Å². The maximum atomic E-state index is 13.0. The number of unbranched alkanes of at least 4 members (excludes halogenated alkanes) is 6. The monoisotopic (exact) mass is 664 g/mol. The van der Waals surface area contributed by atoms with Gasteiger partial charge in [0, 0.05) is 19.3 Å². The summed E-state index contributed by atoms with van der Waals surface area (Å²) in [5.74, 6) is 0.0128. The van der Waals surface area contributed by atoms with Crippen LogP contribution in [-0.4, -0.2) is 75.5 Å². The molecule has 0 heterocycles. The highest BCUT2D eigenvalue weighted by atomic mass is 17.2. The van der Waals surface area contributed by atoms with Gasteiger partial charge in [0.1, 0.15) is 12.7 Å². The second-order valence-electron chi connectivity index (χ2n) is 13.7. The Bertz CT molecular complexity index is 863. The second kappa shape index (κ2) is 24.4. The summed E-state index contributed by atoms with van der Waals surface area (Å²) in [6.45, 7) is 12.3. The first-order valence-corrected chi connectivity index (χ1v) is 18.7. The predicted molar refractivity (Wildman–Crippen MR) is 182 cm³/mol. The Morgan fingerprint density at radius 1 is 0.638 bits per heavy atom. The molecule has 47 heavy (non-hydrogen) atoms. The average molecular weight is 665 g/mol. The molecule has 3 saturated carbocycles. The van der Waals surface area contributed by atoms with Gasteiger partial charge in [-0.1, -0.05) is 38.8 Å². The molecule has 3 atom stereocenters. The first-order valence-electron chi connectivity index (χ1n) is 18.7. The molecule has 0 spiro atoms. The molecule has 0 saturated heterocycles. The number of carbonyl (C=O) groups excluding carboxylic acids is 2. The van der Waals surface area contributed by atoms with Crippen molar-refractivity contribution < 1.29 is 43.0 Å². The molecule has 3 unspecified atom stereocenters. The lowest BCUT2D eigenvalue weighted by atomic mass is 9.84. The SMILES string of the molecule is C=CCOOCCCCCCOC1CCC(OC2CCC(OC(=O)C3CCC(OCCCCCCOC(=O)C=C)CC3)CC2C)CC1. The van der Waals surface area contributed by atoms with E-state index < -0.39 is 0 Å². The van der Waals surface area contributed by atoms with Crippen molar-refractivity contribution in [2.75, 3.05) is 33.0 Å². The van der Waals surface area contributed by atoms with Gasteiger partial charge in [-0.25, -0.2) is 14.6 Å². The van der Waals surface area contributed by atoms with E-state index in [1.54, 1.807) is 6.08 Å². The van der Waals surface area contributed by atoms with Crippen LogP contribution in [0.3, 0.4) is 0 Å². The third kappa shape index (κ3) is 16.9. The molecule has 9 nitrogen and oxygen atoms in total. The minimum atomic E-state index is -0.359. The molecule has 0 N–H and O–H groups in total. The number of carbonyl (C=O) groups is 2. The molecule has 0 radical (unpaired) electrons. The minimum Gasteiger partial charge on any atom is -0.463 e. The summed E-state index contributed by atoms with van der Waals surface area (Å²) in [6.07, 6.45) is 22.9. The van der Waals surface area contributed by atoms with Crippen molar-refractivity contribution in [3.05, 3.63) is 25.3 Å². The van der Waals surface area contributed by atoms with Crippen LogP contribution in [0.25, 0.3) is 0 Å². The van der Waals surface area contributed by atoms with E-state index in [1.165, 1.54) is 6.08 Å². The van der Waals surface area contributed by atoms with E-state index in [9.17, 15) is 9.59 Å². The van der Waals surface area contributed by atoms with Gasteiger partial charge in [0.05, 0.1) is 43.5 Å². The molecule has 0 aromatic rings. The van der Waals surface area contributed by atoms with Gasteiger partial charge in [-0.15, -0.1) is 6.58 Å². The Morgan fingerprint density at radius 2 is 1.19 bits per heavy atom. The van der Waals surface area contributed by atoms with E-state index in [0.717, 1.165) is 135 Å². The van der Waals surface area contributed by atoms with Crippen LogP contribution in [0.5, 0.6) is 0 Å². The van der Waals surface area contributed by atoms with Gasteiger partial charge in [-0.05, 0) is 109 Å². The highest BCUT2D eigenvalue weighted by molar-refractivity contribution is 5.81. The molecule has 0 amide bonds. The smallest absolute Gasteiger partial charge is 0.330 e. The highest BCUT2D eigenvalue weighted by Gasteiger charge is 2.35. The molecule has 3 aliphatic rings. The second-order valence-corrected chi connectivity index (χ2v) is 13.7. The van der Waals surface area contributed by atoms with Gasteiger partial charge >= 0.3 is 11.9 Å². The molecule has 3 fully saturated rings. The van der Waals surface area contributed by atoms with E-state index >= 15 is 0 Å². The zero-order valence-corrected chi connectivity index (χ0v) is 29.3. The molecule has 0 aliphatic heterocycles. The zero-order valence-electron chi connectivity index (χ0n) is 29.3. The number of ether oxygens (including phenoxy) is 5. The fourth-order valence-electron chi connectivity index (χ4n) is 7.00. The molecular formula is C38H64O9. The van der Waals surface area contributed by atoms with Gasteiger partial charge in [0.15, 0.2) is 0 Å². The summed E-state index contributed by atoms with van der Waals surface area (Å²) in [6, 6.07) is 0. The van der Waals surface area contributed by atoms with Crippen LogP contribution in [0.15, 0.2) is 25.3 Å². The molecule has 270 valence electrons. The Morgan fingerprint density at radius 3 is 1.79 bits per heavy atom. The molecule has 0 aromatic carbocycles. The third-order valence-corrected chi connectivity index (χ3v) is 9.87. The fourth-order valence-corrected chi connectivity index (χ4v) is 7.00. The first-order chi connectivity index (χ1) is 23.0. The maximum absolute atomic E-state index is 13.0. The topological polar surface area (TPSA) is 98.8 Å². The normalized spacial score (nSPS) is 28.0. The van der Waals surface area contributed by atoms with Crippen molar-refractivity contribution >= 4 is 11.9 Å². The van der Waals surface area contributed by atoms with Gasteiger partial charge in [0.25, 0.3) is 0 Å². The zero-order chi connectivity index (χ0) is 33.5. The quantitative estimate of drug-likeness (QED) is 0.0254. The Kier molecular flexibility index (Phi) is 20.6.